The van der Waals surface area contributed by atoms with Gasteiger partial charge in [-0.1, -0.05) is 0 Å². The molecule has 27 heavy (non-hydrogen) atoms. The highest BCUT2D eigenvalue weighted by molar-refractivity contribution is 5.92. The number of hydrogen-bond acceptors (Lipinski definition) is 5. The summed E-state index contributed by atoms with van der Waals surface area (Å²) in [5.74, 6) is 1.72. The molecule has 7 heteroatoms. The second kappa shape index (κ2) is 7.19. The Hall–Kier alpha value is -3.22. The molecule has 7 nitrogen and oxygen atoms in total. The third-order valence-corrected chi connectivity index (χ3v) is 5.01. The molecular formula is C20H23N5O2. The van der Waals surface area contributed by atoms with Crippen molar-refractivity contribution in [2.24, 2.45) is 0 Å². The van der Waals surface area contributed by atoms with Gasteiger partial charge >= 0.3 is 6.03 Å². The molecule has 0 radical (unpaired) electrons. The summed E-state index contributed by atoms with van der Waals surface area (Å²) in [6.45, 7) is 2.83. The van der Waals surface area contributed by atoms with Crippen molar-refractivity contribution in [1.29, 1.82) is 0 Å². The average molecular weight is 365 g/mol. The number of pyridine rings is 1. The van der Waals surface area contributed by atoms with Crippen LogP contribution in [0.1, 0.15) is 0 Å². The first-order chi connectivity index (χ1) is 13.2. The first-order valence-electron chi connectivity index (χ1n) is 9.03. The standard InChI is InChI=1S/C20H23N5O2/c1-21-17-4-3-8-22-19(17)23-10-12-24(13-11-23)20(26)25-9-7-15-14-16(27-2)5-6-18(15)25/h3-9,14,21H,10-13H2,1-2H3. The molecular weight excluding hydrogens is 342 g/mol. The topological polar surface area (TPSA) is 62.6 Å². The van der Waals surface area contributed by atoms with Crippen LogP contribution in [0.5, 0.6) is 5.75 Å². The summed E-state index contributed by atoms with van der Waals surface area (Å²) >= 11 is 0. The van der Waals surface area contributed by atoms with Gasteiger partial charge in [0.15, 0.2) is 5.82 Å². The Labute approximate surface area is 158 Å². The van der Waals surface area contributed by atoms with E-state index in [4.69, 9.17) is 4.74 Å². The Morgan fingerprint density at radius 3 is 2.70 bits per heavy atom. The van der Waals surface area contributed by atoms with Crippen LogP contribution in [0.15, 0.2) is 48.8 Å². The van der Waals surface area contributed by atoms with Crippen molar-refractivity contribution in [2.75, 3.05) is 50.6 Å². The van der Waals surface area contributed by atoms with Crippen LogP contribution in [-0.4, -0.2) is 60.8 Å². The normalized spacial score (nSPS) is 14.4. The summed E-state index contributed by atoms with van der Waals surface area (Å²) in [6.07, 6.45) is 3.63. The highest BCUT2D eigenvalue weighted by atomic mass is 16.5. The number of amides is 1. The second-order valence-corrected chi connectivity index (χ2v) is 6.49. The number of anilines is 2. The van der Waals surface area contributed by atoms with E-state index in [0.29, 0.717) is 13.1 Å². The number of carbonyl (C=O) groups is 1. The Morgan fingerprint density at radius 2 is 1.96 bits per heavy atom. The van der Waals surface area contributed by atoms with E-state index in [1.54, 1.807) is 17.9 Å². The zero-order chi connectivity index (χ0) is 18.8. The largest absolute Gasteiger partial charge is 0.497 e. The van der Waals surface area contributed by atoms with Gasteiger partial charge in [-0.05, 0) is 36.4 Å². The number of carbonyl (C=O) groups excluding carboxylic acids is 1. The van der Waals surface area contributed by atoms with E-state index >= 15 is 0 Å². The molecule has 0 saturated carbocycles. The maximum atomic E-state index is 13.0. The number of benzene rings is 1. The number of methoxy groups -OCH3 is 1. The molecule has 140 valence electrons. The van der Waals surface area contributed by atoms with Crippen LogP contribution in [0, 0.1) is 0 Å². The van der Waals surface area contributed by atoms with Gasteiger partial charge in [0.1, 0.15) is 5.75 Å². The number of fused-ring (bicyclic) bond motifs is 1. The fourth-order valence-corrected chi connectivity index (χ4v) is 3.52. The van der Waals surface area contributed by atoms with E-state index < -0.39 is 0 Å². The van der Waals surface area contributed by atoms with Gasteiger partial charge in [-0.25, -0.2) is 9.78 Å². The molecule has 1 aromatic carbocycles. The maximum absolute atomic E-state index is 13.0. The number of nitrogens with zero attached hydrogens (tertiary/aromatic N) is 4. The van der Waals surface area contributed by atoms with Crippen LogP contribution >= 0.6 is 0 Å². The van der Waals surface area contributed by atoms with Crippen LogP contribution in [0.3, 0.4) is 0 Å². The van der Waals surface area contributed by atoms with Crippen molar-refractivity contribution in [1.82, 2.24) is 14.5 Å². The lowest BCUT2D eigenvalue weighted by atomic mass is 10.2. The molecule has 0 aliphatic carbocycles. The second-order valence-electron chi connectivity index (χ2n) is 6.49. The van der Waals surface area contributed by atoms with E-state index in [2.05, 4.69) is 15.2 Å². The van der Waals surface area contributed by atoms with Crippen LogP contribution < -0.4 is 15.0 Å². The summed E-state index contributed by atoms with van der Waals surface area (Å²) in [4.78, 5) is 21.6. The van der Waals surface area contributed by atoms with E-state index in [-0.39, 0.29) is 6.03 Å². The van der Waals surface area contributed by atoms with E-state index in [9.17, 15) is 4.79 Å². The summed E-state index contributed by atoms with van der Waals surface area (Å²) in [5, 5.41) is 4.17. The predicted octanol–water partition coefficient (Wildman–Crippen LogP) is 2.88. The maximum Gasteiger partial charge on any atom is 0.328 e. The van der Waals surface area contributed by atoms with Gasteiger partial charge in [0, 0.05) is 51.0 Å². The molecule has 0 unspecified atom stereocenters. The zero-order valence-corrected chi connectivity index (χ0v) is 15.6. The molecule has 1 aliphatic rings. The molecule has 1 saturated heterocycles. The Bertz CT molecular complexity index is 960. The van der Waals surface area contributed by atoms with Gasteiger partial charge in [-0.15, -0.1) is 0 Å². The third-order valence-electron chi connectivity index (χ3n) is 5.01. The fraction of sp³-hybridized carbons (Fsp3) is 0.300. The molecule has 1 amide bonds. The fourth-order valence-electron chi connectivity index (χ4n) is 3.52. The minimum absolute atomic E-state index is 0.00433. The lowest BCUT2D eigenvalue weighted by molar-refractivity contribution is 0.197. The minimum atomic E-state index is 0.00433. The van der Waals surface area contributed by atoms with E-state index in [1.165, 1.54) is 0 Å². The van der Waals surface area contributed by atoms with Gasteiger partial charge in [-0.2, -0.15) is 0 Å². The van der Waals surface area contributed by atoms with E-state index in [1.807, 2.05) is 54.5 Å². The Balaban J connectivity index is 1.49. The molecule has 2 aromatic heterocycles. The van der Waals surface area contributed by atoms with Gasteiger partial charge in [-0.3, -0.25) is 4.57 Å². The predicted molar refractivity (Wildman–Crippen MR) is 107 cm³/mol. The third kappa shape index (κ3) is 3.16. The molecule has 1 fully saturated rings. The van der Waals surface area contributed by atoms with Gasteiger partial charge in [0.2, 0.25) is 0 Å². The number of nitrogens with one attached hydrogen (secondary N) is 1. The Morgan fingerprint density at radius 1 is 1.15 bits per heavy atom. The molecule has 3 heterocycles. The van der Waals surface area contributed by atoms with Crippen molar-refractivity contribution >= 4 is 28.4 Å². The first kappa shape index (κ1) is 17.2. The van der Waals surface area contributed by atoms with Crippen LogP contribution in [0.2, 0.25) is 0 Å². The lowest BCUT2D eigenvalue weighted by Gasteiger charge is -2.36. The molecule has 0 spiro atoms. The van der Waals surface area contributed by atoms with E-state index in [0.717, 1.165) is 41.2 Å². The van der Waals surface area contributed by atoms with Crippen molar-refractivity contribution in [3.8, 4) is 5.75 Å². The highest BCUT2D eigenvalue weighted by Crippen LogP contribution is 2.25. The van der Waals surface area contributed by atoms with Crippen molar-refractivity contribution < 1.29 is 9.53 Å². The van der Waals surface area contributed by atoms with Crippen LogP contribution in [0.25, 0.3) is 10.9 Å². The van der Waals surface area contributed by atoms with Crippen molar-refractivity contribution in [3.63, 3.8) is 0 Å². The monoisotopic (exact) mass is 365 g/mol. The van der Waals surface area contributed by atoms with Crippen molar-refractivity contribution in [3.05, 3.63) is 48.8 Å². The average Bonchev–Trinajstić information content (AvgIpc) is 3.16. The number of aromatic nitrogens is 2. The van der Waals surface area contributed by atoms with Gasteiger partial charge in [0.25, 0.3) is 0 Å². The minimum Gasteiger partial charge on any atom is -0.497 e. The number of rotatable bonds is 3. The molecule has 0 atom stereocenters. The van der Waals surface area contributed by atoms with Crippen LogP contribution in [0.4, 0.5) is 16.3 Å². The van der Waals surface area contributed by atoms with Crippen LogP contribution in [-0.2, 0) is 0 Å². The van der Waals surface area contributed by atoms with Gasteiger partial charge < -0.3 is 19.9 Å². The van der Waals surface area contributed by atoms with Crippen molar-refractivity contribution in [2.45, 2.75) is 0 Å². The summed E-state index contributed by atoms with van der Waals surface area (Å²) in [7, 11) is 3.54. The number of hydrogen-bond donors (Lipinski definition) is 1. The number of piperazine rings is 1. The Kier molecular flexibility index (Phi) is 4.58. The summed E-state index contributed by atoms with van der Waals surface area (Å²) in [5.41, 5.74) is 1.90. The quantitative estimate of drug-likeness (QED) is 0.773. The highest BCUT2D eigenvalue weighted by Gasteiger charge is 2.24. The van der Waals surface area contributed by atoms with Gasteiger partial charge in [0.05, 0.1) is 18.3 Å². The molecule has 3 aromatic rings. The summed E-state index contributed by atoms with van der Waals surface area (Å²) in [6, 6.07) is 11.6. The number of ether oxygens (including phenoxy) is 1. The smallest absolute Gasteiger partial charge is 0.328 e. The SMILES string of the molecule is CNc1cccnc1N1CCN(C(=O)n2ccc3cc(OC)ccc32)CC1. The first-order valence-corrected chi connectivity index (χ1v) is 9.03. The zero-order valence-electron chi connectivity index (χ0n) is 15.6. The molecule has 0 bridgehead atoms. The molecule has 1 N–H and O–H groups in total. The molecule has 4 rings (SSSR count). The lowest BCUT2D eigenvalue weighted by Crippen LogP contribution is -2.50. The summed E-state index contributed by atoms with van der Waals surface area (Å²) < 4.78 is 6.97. The molecule has 1 aliphatic heterocycles.